The number of nitrogens with zero attached hydrogens (tertiary/aromatic N) is 3. The summed E-state index contributed by atoms with van der Waals surface area (Å²) in [7, 11) is 0. The minimum Gasteiger partial charge on any atom is -0.476 e. The molecule has 0 spiro atoms. The zero-order chi connectivity index (χ0) is 17.2. The fourth-order valence-corrected chi connectivity index (χ4v) is 2.49. The number of benzene rings is 2. The van der Waals surface area contributed by atoms with E-state index in [1.165, 1.54) is 10.6 Å². The minimum atomic E-state index is -1.11. The van der Waals surface area contributed by atoms with Gasteiger partial charge in [0.15, 0.2) is 11.3 Å². The molecule has 0 saturated heterocycles. The van der Waals surface area contributed by atoms with Gasteiger partial charge in [-0.1, -0.05) is 48.5 Å². The smallest absolute Gasteiger partial charge is 0.356 e. The van der Waals surface area contributed by atoms with Crippen molar-refractivity contribution in [2.45, 2.75) is 0 Å². The van der Waals surface area contributed by atoms with Crippen LogP contribution in [-0.2, 0) is 0 Å². The van der Waals surface area contributed by atoms with Crippen molar-refractivity contribution >= 4 is 11.6 Å². The predicted octanol–water partition coefficient (Wildman–Crippen LogP) is 3.89. The van der Waals surface area contributed by atoms with Crippen LogP contribution in [0, 0.1) is 0 Å². The number of para-hydroxylation sites is 1. The third-order valence-electron chi connectivity index (χ3n) is 3.65. The highest BCUT2D eigenvalue weighted by Crippen LogP contribution is 2.27. The highest BCUT2D eigenvalue weighted by atomic mass is 16.5. The molecule has 2 heterocycles. The Balaban J connectivity index is 1.89. The zero-order valence-electron chi connectivity index (χ0n) is 13.0. The Morgan fingerprint density at radius 1 is 0.960 bits per heavy atom. The van der Waals surface area contributed by atoms with E-state index in [1.807, 2.05) is 60.7 Å². The molecule has 0 saturated carbocycles. The van der Waals surface area contributed by atoms with E-state index in [2.05, 4.69) is 10.1 Å². The average Bonchev–Trinajstić information content (AvgIpc) is 3.08. The van der Waals surface area contributed by atoms with Crippen LogP contribution in [0.3, 0.4) is 0 Å². The molecule has 2 aromatic heterocycles. The third-order valence-corrected chi connectivity index (χ3v) is 3.65. The topological polar surface area (TPSA) is 76.7 Å². The van der Waals surface area contributed by atoms with Crippen molar-refractivity contribution in [1.29, 1.82) is 0 Å². The van der Waals surface area contributed by atoms with Gasteiger partial charge in [0.25, 0.3) is 0 Å². The van der Waals surface area contributed by atoms with Gasteiger partial charge in [-0.3, -0.25) is 0 Å². The maximum atomic E-state index is 11.3. The maximum Gasteiger partial charge on any atom is 0.356 e. The number of carboxylic acids is 1. The summed E-state index contributed by atoms with van der Waals surface area (Å²) in [5.41, 5.74) is 1.90. The second-order valence-electron chi connectivity index (χ2n) is 5.37. The molecule has 0 aliphatic carbocycles. The molecule has 6 heteroatoms. The van der Waals surface area contributed by atoms with Gasteiger partial charge in [0.2, 0.25) is 5.88 Å². The Bertz CT molecular complexity index is 1040. The number of hydrogen-bond acceptors (Lipinski definition) is 4. The van der Waals surface area contributed by atoms with Crippen molar-refractivity contribution in [3.8, 4) is 22.9 Å². The summed E-state index contributed by atoms with van der Waals surface area (Å²) in [6, 6.07) is 22.0. The van der Waals surface area contributed by atoms with Gasteiger partial charge in [0.05, 0.1) is 5.69 Å². The Morgan fingerprint density at radius 2 is 1.64 bits per heavy atom. The van der Waals surface area contributed by atoms with Crippen molar-refractivity contribution in [3.63, 3.8) is 0 Å². The molecular formula is C19H13N3O3. The number of aromatic carboxylic acids is 1. The van der Waals surface area contributed by atoms with Crippen molar-refractivity contribution < 1.29 is 14.6 Å². The number of rotatable bonds is 4. The summed E-state index contributed by atoms with van der Waals surface area (Å²) in [6.45, 7) is 0. The highest BCUT2D eigenvalue weighted by molar-refractivity contribution is 5.86. The van der Waals surface area contributed by atoms with Gasteiger partial charge in [-0.25, -0.2) is 9.78 Å². The summed E-state index contributed by atoms with van der Waals surface area (Å²) < 4.78 is 7.31. The summed E-state index contributed by atoms with van der Waals surface area (Å²) >= 11 is 0. The van der Waals surface area contributed by atoms with E-state index < -0.39 is 5.97 Å². The standard InChI is InChI=1S/C19H13N3O3/c23-19(24)16-11-17-20-15(13-7-3-1-4-8-13)12-18(22(17)21-16)25-14-9-5-2-6-10-14/h1-12H,(H,23,24). The molecule has 0 fully saturated rings. The second-order valence-corrected chi connectivity index (χ2v) is 5.37. The van der Waals surface area contributed by atoms with Gasteiger partial charge >= 0.3 is 5.97 Å². The van der Waals surface area contributed by atoms with Gasteiger partial charge in [-0.05, 0) is 12.1 Å². The van der Waals surface area contributed by atoms with Crippen LogP contribution in [0.4, 0.5) is 0 Å². The zero-order valence-corrected chi connectivity index (χ0v) is 13.0. The van der Waals surface area contributed by atoms with E-state index in [9.17, 15) is 9.90 Å². The highest BCUT2D eigenvalue weighted by Gasteiger charge is 2.15. The quantitative estimate of drug-likeness (QED) is 0.614. The van der Waals surface area contributed by atoms with Gasteiger partial charge in [0.1, 0.15) is 5.75 Å². The van der Waals surface area contributed by atoms with Crippen LogP contribution < -0.4 is 4.74 Å². The first-order valence-electron chi connectivity index (χ1n) is 7.63. The summed E-state index contributed by atoms with van der Waals surface area (Å²) in [4.78, 5) is 15.8. The number of hydrogen-bond donors (Lipinski definition) is 1. The Labute approximate surface area is 143 Å². The maximum absolute atomic E-state index is 11.3. The molecule has 0 radical (unpaired) electrons. The van der Waals surface area contributed by atoms with E-state index in [0.717, 1.165) is 5.56 Å². The van der Waals surface area contributed by atoms with E-state index in [-0.39, 0.29) is 5.69 Å². The minimum absolute atomic E-state index is 0.0874. The number of fused-ring (bicyclic) bond motifs is 1. The summed E-state index contributed by atoms with van der Waals surface area (Å²) in [5, 5.41) is 13.3. The van der Waals surface area contributed by atoms with Crippen molar-refractivity contribution in [3.05, 3.63) is 78.5 Å². The molecule has 0 amide bonds. The fraction of sp³-hybridized carbons (Fsp3) is 0. The van der Waals surface area contributed by atoms with E-state index in [4.69, 9.17) is 4.74 Å². The summed E-state index contributed by atoms with van der Waals surface area (Å²) in [5.74, 6) is -0.0960. The molecule has 0 atom stereocenters. The Morgan fingerprint density at radius 3 is 2.32 bits per heavy atom. The van der Waals surface area contributed by atoms with Crippen LogP contribution in [0.15, 0.2) is 72.8 Å². The SMILES string of the molecule is O=C(O)c1cc2nc(-c3ccccc3)cc(Oc3ccccc3)n2n1. The van der Waals surface area contributed by atoms with Crippen LogP contribution in [-0.4, -0.2) is 25.7 Å². The molecule has 6 nitrogen and oxygen atoms in total. The molecule has 25 heavy (non-hydrogen) atoms. The van der Waals surface area contributed by atoms with Gasteiger partial charge < -0.3 is 9.84 Å². The van der Waals surface area contributed by atoms with Crippen LogP contribution in [0.1, 0.15) is 10.5 Å². The molecule has 0 aliphatic rings. The Kier molecular flexibility index (Phi) is 3.63. The van der Waals surface area contributed by atoms with Gasteiger partial charge in [-0.2, -0.15) is 9.61 Å². The predicted molar refractivity (Wildman–Crippen MR) is 91.9 cm³/mol. The number of aromatic nitrogens is 3. The first-order valence-corrected chi connectivity index (χ1v) is 7.63. The molecule has 2 aromatic carbocycles. The molecule has 4 rings (SSSR count). The first kappa shape index (κ1) is 14.9. The number of ether oxygens (including phenoxy) is 1. The average molecular weight is 331 g/mol. The first-order chi connectivity index (χ1) is 12.2. The van der Waals surface area contributed by atoms with Gasteiger partial charge in [0, 0.05) is 17.7 Å². The van der Waals surface area contributed by atoms with E-state index in [0.29, 0.717) is 23.0 Å². The van der Waals surface area contributed by atoms with Crippen LogP contribution in [0.2, 0.25) is 0 Å². The van der Waals surface area contributed by atoms with Crippen LogP contribution >= 0.6 is 0 Å². The normalized spacial score (nSPS) is 10.7. The molecular weight excluding hydrogens is 318 g/mol. The largest absolute Gasteiger partial charge is 0.476 e. The molecule has 4 aromatic rings. The molecule has 1 N–H and O–H groups in total. The lowest BCUT2D eigenvalue weighted by Gasteiger charge is -2.09. The fourth-order valence-electron chi connectivity index (χ4n) is 2.49. The molecule has 122 valence electrons. The summed E-state index contributed by atoms with van der Waals surface area (Å²) in [6.07, 6.45) is 0. The lowest BCUT2D eigenvalue weighted by molar-refractivity contribution is 0.0690. The molecule has 0 bridgehead atoms. The van der Waals surface area contributed by atoms with Crippen molar-refractivity contribution in [2.24, 2.45) is 0 Å². The number of carboxylic acid groups (broad SMARTS) is 1. The van der Waals surface area contributed by atoms with Crippen LogP contribution in [0.25, 0.3) is 16.9 Å². The lowest BCUT2D eigenvalue weighted by atomic mass is 10.1. The second kappa shape index (κ2) is 6.09. The van der Waals surface area contributed by atoms with E-state index >= 15 is 0 Å². The Hall–Kier alpha value is -3.67. The van der Waals surface area contributed by atoms with Crippen LogP contribution in [0.5, 0.6) is 11.6 Å². The van der Waals surface area contributed by atoms with E-state index in [1.54, 1.807) is 6.07 Å². The van der Waals surface area contributed by atoms with Crippen molar-refractivity contribution in [2.75, 3.05) is 0 Å². The lowest BCUT2D eigenvalue weighted by Crippen LogP contribution is -2.01. The van der Waals surface area contributed by atoms with Gasteiger partial charge in [-0.15, -0.1) is 0 Å². The molecule has 0 unspecified atom stereocenters. The van der Waals surface area contributed by atoms with Crippen molar-refractivity contribution in [1.82, 2.24) is 14.6 Å². The monoisotopic (exact) mass is 331 g/mol. The number of carbonyl (C=O) groups is 1. The third kappa shape index (κ3) is 2.92. The molecule has 0 aliphatic heterocycles.